The van der Waals surface area contributed by atoms with Crippen molar-refractivity contribution in [1.82, 2.24) is 4.57 Å². The molecule has 5 heteroatoms. The Morgan fingerprint density at radius 2 is 1.16 bits per heavy atom. The van der Waals surface area contributed by atoms with E-state index in [9.17, 15) is 5.41 Å². The van der Waals surface area contributed by atoms with Crippen LogP contribution in [-0.2, 0) is 0 Å². The number of para-hydroxylation sites is 1. The van der Waals surface area contributed by atoms with Crippen LogP contribution in [0.3, 0.4) is 0 Å². The number of benzene rings is 7. The minimum atomic E-state index is 0.0673. The molecule has 9 rings (SSSR count). The lowest BCUT2D eigenvalue weighted by atomic mass is 9.99. The standard InChI is InChI=1S/C45H30N4O/c46-45(49-38-23-11-10-20-36(38)42-34(21-12-24-39(42)49)31-16-6-2-7-17-31)48-44(47-29-30-14-4-1-5-15-30)33-26-27-37-41(28-33)50-40-25-13-22-35(43(37)40)32-18-8-3-9-19-32/h1-29,46H/b46-45?,47-29?,48-44-. The van der Waals surface area contributed by atoms with Crippen molar-refractivity contribution in [2.45, 2.75) is 0 Å². The molecule has 0 spiro atoms. The summed E-state index contributed by atoms with van der Waals surface area (Å²) in [5.41, 5.74) is 9.55. The molecule has 9 aromatic rings. The molecule has 1 N–H and O–H groups in total. The third kappa shape index (κ3) is 5.09. The molecule has 0 radical (unpaired) electrons. The first-order chi connectivity index (χ1) is 24.7. The van der Waals surface area contributed by atoms with E-state index in [4.69, 9.17) is 14.4 Å². The quantitative estimate of drug-likeness (QED) is 0.151. The summed E-state index contributed by atoms with van der Waals surface area (Å²) in [7, 11) is 0. The molecule has 0 aliphatic carbocycles. The third-order valence-corrected chi connectivity index (χ3v) is 9.18. The average molecular weight is 643 g/mol. The monoisotopic (exact) mass is 642 g/mol. The molecule has 0 amide bonds. The fourth-order valence-electron chi connectivity index (χ4n) is 6.92. The van der Waals surface area contributed by atoms with Gasteiger partial charge in [-0.2, -0.15) is 4.99 Å². The van der Waals surface area contributed by atoms with Crippen molar-refractivity contribution in [3.63, 3.8) is 0 Å². The van der Waals surface area contributed by atoms with Gasteiger partial charge in [0.15, 0.2) is 5.84 Å². The molecule has 0 saturated carbocycles. The third-order valence-electron chi connectivity index (χ3n) is 9.18. The maximum absolute atomic E-state index is 9.50. The number of nitrogens with one attached hydrogen (secondary N) is 1. The van der Waals surface area contributed by atoms with Gasteiger partial charge in [-0.25, -0.2) is 4.99 Å². The van der Waals surface area contributed by atoms with Gasteiger partial charge in [0, 0.05) is 33.3 Å². The Balaban J connectivity index is 1.22. The second-order valence-corrected chi connectivity index (χ2v) is 12.2. The Morgan fingerprint density at radius 3 is 1.90 bits per heavy atom. The number of rotatable bonds is 4. The summed E-state index contributed by atoms with van der Waals surface area (Å²) in [6, 6.07) is 57.4. The van der Waals surface area contributed by atoms with Crippen molar-refractivity contribution >= 4 is 61.8 Å². The molecule has 50 heavy (non-hydrogen) atoms. The zero-order valence-electron chi connectivity index (χ0n) is 27.0. The summed E-state index contributed by atoms with van der Waals surface area (Å²) in [5.74, 6) is 0.479. The fourth-order valence-corrected chi connectivity index (χ4v) is 6.92. The Bertz CT molecular complexity index is 2760. The van der Waals surface area contributed by atoms with Crippen LogP contribution in [0.25, 0.3) is 66.0 Å². The Morgan fingerprint density at radius 1 is 0.540 bits per heavy atom. The predicted molar refractivity (Wildman–Crippen MR) is 208 cm³/mol. The van der Waals surface area contributed by atoms with Crippen LogP contribution < -0.4 is 0 Å². The molecule has 0 saturated heterocycles. The summed E-state index contributed by atoms with van der Waals surface area (Å²) in [5, 5.41) is 13.7. The molecule has 0 unspecified atom stereocenters. The number of furan rings is 1. The van der Waals surface area contributed by atoms with Gasteiger partial charge in [0.05, 0.1) is 11.0 Å². The number of fused-ring (bicyclic) bond motifs is 6. The molecule has 5 nitrogen and oxygen atoms in total. The second kappa shape index (κ2) is 12.3. The topological polar surface area (TPSA) is 66.6 Å². The molecule has 0 aliphatic heterocycles. The molecule has 2 aromatic heterocycles. The van der Waals surface area contributed by atoms with Gasteiger partial charge >= 0.3 is 0 Å². The van der Waals surface area contributed by atoms with Crippen LogP contribution in [0.5, 0.6) is 0 Å². The van der Waals surface area contributed by atoms with Crippen LogP contribution in [0.2, 0.25) is 0 Å². The van der Waals surface area contributed by atoms with E-state index < -0.39 is 0 Å². The van der Waals surface area contributed by atoms with Gasteiger partial charge in [0.1, 0.15) is 11.2 Å². The minimum Gasteiger partial charge on any atom is -0.456 e. The molecule has 0 bridgehead atoms. The lowest BCUT2D eigenvalue weighted by molar-refractivity contribution is 0.669. The highest BCUT2D eigenvalue weighted by atomic mass is 16.3. The number of aliphatic imine (C=N–C) groups is 2. The van der Waals surface area contributed by atoms with E-state index in [0.717, 1.165) is 77.1 Å². The van der Waals surface area contributed by atoms with Crippen LogP contribution in [0.1, 0.15) is 11.1 Å². The highest BCUT2D eigenvalue weighted by molar-refractivity contribution is 6.21. The largest absolute Gasteiger partial charge is 0.456 e. The molecule has 0 fully saturated rings. The van der Waals surface area contributed by atoms with E-state index in [1.54, 1.807) is 6.21 Å². The summed E-state index contributed by atoms with van der Waals surface area (Å²) in [6.45, 7) is 0. The molecule has 0 atom stereocenters. The van der Waals surface area contributed by atoms with Crippen molar-refractivity contribution in [2.24, 2.45) is 9.98 Å². The predicted octanol–water partition coefficient (Wildman–Crippen LogP) is 11.4. The minimum absolute atomic E-state index is 0.0673. The first-order valence-electron chi connectivity index (χ1n) is 16.6. The van der Waals surface area contributed by atoms with Gasteiger partial charge in [-0.15, -0.1) is 0 Å². The molecule has 2 heterocycles. The van der Waals surface area contributed by atoms with Gasteiger partial charge in [-0.3, -0.25) is 9.98 Å². The van der Waals surface area contributed by atoms with Crippen LogP contribution >= 0.6 is 0 Å². The zero-order valence-corrected chi connectivity index (χ0v) is 27.0. The average Bonchev–Trinajstić information content (AvgIpc) is 3.73. The number of hydrogen-bond donors (Lipinski definition) is 1. The van der Waals surface area contributed by atoms with Crippen molar-refractivity contribution in [1.29, 1.82) is 5.41 Å². The van der Waals surface area contributed by atoms with Crippen LogP contribution in [0.4, 0.5) is 0 Å². The summed E-state index contributed by atoms with van der Waals surface area (Å²) in [4.78, 5) is 9.85. The maximum atomic E-state index is 9.50. The Kier molecular flexibility index (Phi) is 7.21. The van der Waals surface area contributed by atoms with E-state index in [-0.39, 0.29) is 5.96 Å². The maximum Gasteiger partial charge on any atom is 0.229 e. The SMILES string of the molecule is N=C(/N=C(\N=Cc1ccccc1)c1ccc2c(c1)oc1cccc(-c3ccccc3)c12)n1c2ccccc2c2c(-c3ccccc3)cccc21. The lowest BCUT2D eigenvalue weighted by Crippen LogP contribution is -2.11. The fraction of sp³-hybridized carbons (Fsp3) is 0. The van der Waals surface area contributed by atoms with Crippen molar-refractivity contribution in [3.05, 3.63) is 181 Å². The normalized spacial score (nSPS) is 12.1. The van der Waals surface area contributed by atoms with Gasteiger partial charge in [0.2, 0.25) is 5.96 Å². The Labute approximate surface area is 288 Å². The van der Waals surface area contributed by atoms with Gasteiger partial charge in [-0.1, -0.05) is 140 Å². The zero-order chi connectivity index (χ0) is 33.4. The molecule has 0 aliphatic rings. The van der Waals surface area contributed by atoms with Gasteiger partial charge in [0.25, 0.3) is 0 Å². The van der Waals surface area contributed by atoms with Gasteiger partial charge < -0.3 is 4.42 Å². The van der Waals surface area contributed by atoms with Crippen molar-refractivity contribution in [2.75, 3.05) is 0 Å². The smallest absolute Gasteiger partial charge is 0.229 e. The van der Waals surface area contributed by atoms with E-state index in [1.807, 2.05) is 95.6 Å². The van der Waals surface area contributed by atoms with Crippen molar-refractivity contribution < 1.29 is 4.42 Å². The van der Waals surface area contributed by atoms with Crippen LogP contribution in [0, 0.1) is 5.41 Å². The molecular weight excluding hydrogens is 613 g/mol. The van der Waals surface area contributed by atoms with Crippen LogP contribution in [-0.4, -0.2) is 22.6 Å². The summed E-state index contributed by atoms with van der Waals surface area (Å²) >= 11 is 0. The highest BCUT2D eigenvalue weighted by Gasteiger charge is 2.19. The highest BCUT2D eigenvalue weighted by Crippen LogP contribution is 2.38. The molecular formula is C45H30N4O. The first-order valence-corrected chi connectivity index (χ1v) is 16.6. The Hall–Kier alpha value is -6.85. The van der Waals surface area contributed by atoms with E-state index in [2.05, 4.69) is 78.9 Å². The lowest BCUT2D eigenvalue weighted by Gasteiger charge is -2.08. The summed E-state index contributed by atoms with van der Waals surface area (Å²) in [6.07, 6.45) is 1.79. The van der Waals surface area contributed by atoms with Crippen LogP contribution in [0.15, 0.2) is 184 Å². The van der Waals surface area contributed by atoms with Gasteiger partial charge in [-0.05, 0) is 58.1 Å². The number of hydrogen-bond acceptors (Lipinski definition) is 2. The van der Waals surface area contributed by atoms with E-state index in [0.29, 0.717) is 5.84 Å². The number of amidine groups is 1. The first kappa shape index (κ1) is 29.3. The second-order valence-electron chi connectivity index (χ2n) is 12.2. The summed E-state index contributed by atoms with van der Waals surface area (Å²) < 4.78 is 8.37. The molecule has 236 valence electrons. The number of aromatic nitrogens is 1. The van der Waals surface area contributed by atoms with E-state index in [1.165, 1.54) is 0 Å². The van der Waals surface area contributed by atoms with E-state index >= 15 is 0 Å². The van der Waals surface area contributed by atoms with Crippen molar-refractivity contribution in [3.8, 4) is 22.3 Å². The number of nitrogens with zero attached hydrogens (tertiary/aromatic N) is 3. The molecule has 7 aromatic carbocycles.